The van der Waals surface area contributed by atoms with Crippen molar-refractivity contribution >= 4 is 72.4 Å². The van der Waals surface area contributed by atoms with Crippen LogP contribution < -0.4 is 20.7 Å². The molecule has 3 heterocycles. The number of fused-ring (bicyclic) bond motifs is 8. The number of aryl methyl sites for hydroxylation is 2. The lowest BCUT2D eigenvalue weighted by Crippen LogP contribution is -2.76. The summed E-state index contributed by atoms with van der Waals surface area (Å²) in [7, 11) is -2.81. The summed E-state index contributed by atoms with van der Waals surface area (Å²) in [4.78, 5) is 0. The summed E-state index contributed by atoms with van der Waals surface area (Å²) >= 11 is 0. The fraction of sp³-hybridized carbons (Fsp3) is 0.0400. The number of nitrogens with zero attached hydrogens (tertiary/aromatic N) is 2. The minimum Gasteiger partial charge on any atom is -0.309 e. The number of benzene rings is 8. The Morgan fingerprint density at radius 1 is 0.377 bits per heavy atom. The molecule has 0 radical (unpaired) electrons. The van der Waals surface area contributed by atoms with Crippen molar-refractivity contribution in [3.05, 3.63) is 193 Å². The third kappa shape index (κ3) is 4.20. The van der Waals surface area contributed by atoms with Crippen LogP contribution in [-0.4, -0.2) is 17.2 Å². The molecule has 1 aliphatic rings. The molecule has 0 saturated heterocycles. The summed E-state index contributed by atoms with van der Waals surface area (Å²) in [5.41, 5.74) is 12.6. The van der Waals surface area contributed by atoms with Gasteiger partial charge in [0.05, 0.1) is 22.1 Å². The molecule has 2 aromatic heterocycles. The van der Waals surface area contributed by atoms with Gasteiger partial charge in [0.15, 0.2) is 8.07 Å². The summed E-state index contributed by atoms with van der Waals surface area (Å²) in [5.74, 6) is 0. The molecule has 3 heteroatoms. The van der Waals surface area contributed by atoms with E-state index < -0.39 is 8.07 Å². The Morgan fingerprint density at radius 2 is 0.943 bits per heavy atom. The molecule has 0 saturated carbocycles. The molecule has 1 aliphatic heterocycles. The summed E-state index contributed by atoms with van der Waals surface area (Å²) in [6, 6.07) is 68.7. The third-order valence-corrected chi connectivity index (χ3v) is 16.5. The van der Waals surface area contributed by atoms with Crippen LogP contribution in [0.2, 0.25) is 0 Å². The highest BCUT2D eigenvalue weighted by Gasteiger charge is 2.47. The number of para-hydroxylation sites is 2. The van der Waals surface area contributed by atoms with Crippen LogP contribution in [0.4, 0.5) is 0 Å². The highest BCUT2D eigenvalue weighted by atomic mass is 28.3. The predicted octanol–water partition coefficient (Wildman–Crippen LogP) is 9.86. The van der Waals surface area contributed by atoms with Gasteiger partial charge in [0.1, 0.15) is 0 Å². The van der Waals surface area contributed by atoms with Gasteiger partial charge in [-0.25, -0.2) is 0 Å². The average molecular weight is 693 g/mol. The lowest BCUT2D eigenvalue weighted by atomic mass is 10.1. The molecule has 0 spiro atoms. The van der Waals surface area contributed by atoms with E-state index in [1.54, 1.807) is 0 Å². The first kappa shape index (κ1) is 30.2. The zero-order chi connectivity index (χ0) is 35.3. The van der Waals surface area contributed by atoms with Crippen LogP contribution in [0.25, 0.3) is 66.1 Å². The van der Waals surface area contributed by atoms with Gasteiger partial charge in [0, 0.05) is 32.9 Å². The van der Waals surface area contributed by atoms with Gasteiger partial charge >= 0.3 is 0 Å². The molecule has 0 aliphatic carbocycles. The van der Waals surface area contributed by atoms with Gasteiger partial charge in [-0.1, -0.05) is 145 Å². The van der Waals surface area contributed by atoms with E-state index in [2.05, 4.69) is 205 Å². The van der Waals surface area contributed by atoms with Crippen molar-refractivity contribution in [2.45, 2.75) is 13.8 Å². The molecule has 10 aromatic rings. The van der Waals surface area contributed by atoms with Gasteiger partial charge in [-0.05, 0) is 94.3 Å². The molecule has 1 unspecified atom stereocenters. The van der Waals surface area contributed by atoms with Crippen molar-refractivity contribution in [3.63, 3.8) is 0 Å². The standard InChI is InChI=1S/C50H36N2Si/c1-33-23-26-44-41(29-33)42-30-34(2)24-27-45(42)51(44)37-25-28-46-43(32-37)40-19-12-22-49-50(40)52(46)47-20-9-10-21-48(47)53(49,38-16-7-4-8-17-38)39-18-11-15-36(31-39)35-13-5-3-6-14-35/h3-32H,1-2H3. The lowest BCUT2D eigenvalue weighted by Gasteiger charge is -2.40. The van der Waals surface area contributed by atoms with Crippen LogP contribution in [0, 0.1) is 13.8 Å². The molecular formula is C50H36N2Si. The molecule has 0 bridgehead atoms. The molecule has 53 heavy (non-hydrogen) atoms. The fourth-order valence-electron chi connectivity index (χ4n) is 9.45. The summed E-state index contributed by atoms with van der Waals surface area (Å²) in [5, 5.41) is 10.8. The fourth-order valence-corrected chi connectivity index (χ4v) is 14.6. The molecule has 0 fully saturated rings. The number of aromatic nitrogens is 2. The van der Waals surface area contributed by atoms with E-state index in [9.17, 15) is 0 Å². The first-order valence-electron chi connectivity index (χ1n) is 18.5. The number of rotatable bonds is 4. The van der Waals surface area contributed by atoms with Crippen molar-refractivity contribution in [3.8, 4) is 22.5 Å². The smallest absolute Gasteiger partial charge is 0.184 e. The highest BCUT2D eigenvalue weighted by Crippen LogP contribution is 2.39. The van der Waals surface area contributed by atoms with Crippen molar-refractivity contribution in [1.29, 1.82) is 0 Å². The number of hydrogen-bond donors (Lipinski definition) is 0. The van der Waals surface area contributed by atoms with Crippen LogP contribution in [0.5, 0.6) is 0 Å². The first-order valence-corrected chi connectivity index (χ1v) is 20.5. The minimum atomic E-state index is -2.81. The predicted molar refractivity (Wildman–Crippen MR) is 227 cm³/mol. The Bertz CT molecular complexity index is 3020. The zero-order valence-corrected chi connectivity index (χ0v) is 30.7. The molecule has 11 rings (SSSR count). The Hall–Kier alpha value is -6.42. The van der Waals surface area contributed by atoms with Crippen LogP contribution >= 0.6 is 0 Å². The van der Waals surface area contributed by atoms with Crippen molar-refractivity contribution in [2.24, 2.45) is 0 Å². The van der Waals surface area contributed by atoms with Crippen molar-refractivity contribution in [1.82, 2.24) is 9.13 Å². The van der Waals surface area contributed by atoms with Crippen LogP contribution in [0.3, 0.4) is 0 Å². The molecule has 250 valence electrons. The van der Waals surface area contributed by atoms with Crippen LogP contribution in [0.15, 0.2) is 182 Å². The van der Waals surface area contributed by atoms with Gasteiger partial charge in [0.2, 0.25) is 0 Å². The number of hydrogen-bond acceptors (Lipinski definition) is 0. The highest BCUT2D eigenvalue weighted by molar-refractivity contribution is 7.21. The zero-order valence-electron chi connectivity index (χ0n) is 29.7. The third-order valence-electron chi connectivity index (χ3n) is 11.7. The van der Waals surface area contributed by atoms with Gasteiger partial charge in [-0.15, -0.1) is 0 Å². The molecule has 1 atom stereocenters. The molecular weight excluding hydrogens is 657 g/mol. The van der Waals surface area contributed by atoms with Crippen LogP contribution in [0.1, 0.15) is 11.1 Å². The monoisotopic (exact) mass is 692 g/mol. The first-order chi connectivity index (χ1) is 26.1. The lowest BCUT2D eigenvalue weighted by molar-refractivity contribution is 1.17. The molecule has 0 N–H and O–H groups in total. The second-order valence-electron chi connectivity index (χ2n) is 14.7. The summed E-state index contributed by atoms with van der Waals surface area (Å²) < 4.78 is 5.02. The maximum absolute atomic E-state index is 2.81. The minimum absolute atomic E-state index is 1.18. The Balaban J connectivity index is 1.25. The topological polar surface area (TPSA) is 9.86 Å². The van der Waals surface area contributed by atoms with Gasteiger partial charge in [0.25, 0.3) is 0 Å². The maximum Gasteiger partial charge on any atom is 0.184 e. The largest absolute Gasteiger partial charge is 0.309 e. The SMILES string of the molecule is Cc1ccc2c(c1)c1cc(C)ccc1n2-c1ccc2c(c1)c1cccc3c1n2-c1ccccc1[Si]3(c1ccccc1)c1cccc(-c2ccccc2)c1. The summed E-state index contributed by atoms with van der Waals surface area (Å²) in [6.45, 7) is 4.37. The van der Waals surface area contributed by atoms with Gasteiger partial charge < -0.3 is 9.13 Å². The van der Waals surface area contributed by atoms with Crippen molar-refractivity contribution < 1.29 is 0 Å². The van der Waals surface area contributed by atoms with E-state index in [1.807, 2.05) is 0 Å². The Morgan fingerprint density at radius 3 is 1.70 bits per heavy atom. The van der Waals surface area contributed by atoms with E-state index in [0.29, 0.717) is 0 Å². The van der Waals surface area contributed by atoms with E-state index in [0.717, 1.165) is 0 Å². The van der Waals surface area contributed by atoms with E-state index in [4.69, 9.17) is 0 Å². The van der Waals surface area contributed by atoms with E-state index in [-0.39, 0.29) is 0 Å². The van der Waals surface area contributed by atoms with E-state index >= 15 is 0 Å². The van der Waals surface area contributed by atoms with Crippen LogP contribution in [-0.2, 0) is 0 Å². The Labute approximate surface area is 309 Å². The van der Waals surface area contributed by atoms with Gasteiger partial charge in [-0.3, -0.25) is 0 Å². The second kappa shape index (κ2) is 11.3. The normalized spacial score (nSPS) is 15.1. The van der Waals surface area contributed by atoms with Gasteiger partial charge in [-0.2, -0.15) is 0 Å². The Kier molecular flexibility index (Phi) is 6.44. The molecule has 0 amide bonds. The second-order valence-corrected chi connectivity index (χ2v) is 18.4. The van der Waals surface area contributed by atoms with E-state index in [1.165, 1.54) is 98.0 Å². The maximum atomic E-state index is 2.56. The quantitative estimate of drug-likeness (QED) is 0.163. The molecule has 8 aromatic carbocycles. The summed E-state index contributed by atoms with van der Waals surface area (Å²) in [6.07, 6.45) is 0. The van der Waals surface area contributed by atoms with Crippen molar-refractivity contribution in [2.75, 3.05) is 0 Å². The average Bonchev–Trinajstić information content (AvgIpc) is 3.71. The molecule has 2 nitrogen and oxygen atoms in total.